The number of anilines is 1. The Balaban J connectivity index is 1.60. The summed E-state index contributed by atoms with van der Waals surface area (Å²) in [6.45, 7) is -0.261. The number of aromatic nitrogens is 5. The molecule has 2 heterocycles. The molecule has 0 bridgehead atoms. The van der Waals surface area contributed by atoms with Crippen LogP contribution in [0.5, 0.6) is 5.75 Å². The summed E-state index contributed by atoms with van der Waals surface area (Å²) in [4.78, 5) is 29.5. The number of carbonyl (C=O) groups is 1. The van der Waals surface area contributed by atoms with Crippen molar-refractivity contribution in [3.8, 4) is 11.4 Å². The highest BCUT2D eigenvalue weighted by Crippen LogP contribution is 2.27. The lowest BCUT2D eigenvalue weighted by atomic mass is 10.3. The Kier molecular flexibility index (Phi) is 5.51. The fourth-order valence-corrected chi connectivity index (χ4v) is 3.27. The summed E-state index contributed by atoms with van der Waals surface area (Å²) in [6, 6.07) is 12.2. The van der Waals surface area contributed by atoms with E-state index < -0.39 is 11.5 Å². The van der Waals surface area contributed by atoms with Crippen LogP contribution < -0.4 is 15.6 Å². The molecule has 0 aliphatic heterocycles. The molecule has 2 aromatic heterocycles. The quantitative estimate of drug-likeness (QED) is 0.462. The van der Waals surface area contributed by atoms with Crippen LogP contribution in [0.25, 0.3) is 16.9 Å². The van der Waals surface area contributed by atoms with E-state index in [1.54, 1.807) is 18.2 Å². The standard InChI is InChI=1S/C19H14BrClN6O3/c1-30-15-7-4-12(21)8-14(15)23-16(28)9-26-10-22-18-17(19(26)29)24-25-27(18)13-5-2-11(20)3-6-13/h2-8,10H,9H2,1H3,(H,23,28). The number of nitrogens with one attached hydrogen (secondary N) is 1. The molecule has 0 fully saturated rings. The highest BCUT2D eigenvalue weighted by atomic mass is 79.9. The fourth-order valence-electron chi connectivity index (χ4n) is 2.84. The molecule has 152 valence electrons. The van der Waals surface area contributed by atoms with Crippen LogP contribution in [0.15, 0.2) is 58.1 Å². The number of ether oxygens (including phenoxy) is 1. The number of amides is 1. The number of methoxy groups -OCH3 is 1. The lowest BCUT2D eigenvalue weighted by Crippen LogP contribution is -2.28. The maximum Gasteiger partial charge on any atom is 0.284 e. The smallest absolute Gasteiger partial charge is 0.284 e. The van der Waals surface area contributed by atoms with Crippen LogP contribution in [-0.2, 0) is 11.3 Å². The summed E-state index contributed by atoms with van der Waals surface area (Å²) >= 11 is 9.35. The molecule has 11 heteroatoms. The average Bonchev–Trinajstić information content (AvgIpc) is 3.16. The van der Waals surface area contributed by atoms with Gasteiger partial charge < -0.3 is 10.1 Å². The van der Waals surface area contributed by atoms with Crippen molar-refractivity contribution in [2.75, 3.05) is 12.4 Å². The Bertz CT molecular complexity index is 1300. The van der Waals surface area contributed by atoms with E-state index >= 15 is 0 Å². The minimum absolute atomic E-state index is 0.0635. The van der Waals surface area contributed by atoms with Crippen molar-refractivity contribution >= 4 is 50.3 Å². The molecule has 0 atom stereocenters. The van der Waals surface area contributed by atoms with Crippen LogP contribution >= 0.6 is 27.5 Å². The maximum atomic E-state index is 12.8. The number of hydrogen-bond donors (Lipinski definition) is 1. The molecule has 0 saturated carbocycles. The van der Waals surface area contributed by atoms with Gasteiger partial charge in [0, 0.05) is 9.50 Å². The molecule has 4 rings (SSSR count). The van der Waals surface area contributed by atoms with Crippen molar-refractivity contribution in [3.63, 3.8) is 0 Å². The normalized spacial score (nSPS) is 10.9. The highest BCUT2D eigenvalue weighted by molar-refractivity contribution is 9.10. The molecule has 0 saturated heterocycles. The van der Waals surface area contributed by atoms with Crippen LogP contribution in [0.2, 0.25) is 5.02 Å². The maximum absolute atomic E-state index is 12.8. The second-order valence-electron chi connectivity index (χ2n) is 6.22. The molecule has 2 aromatic carbocycles. The number of benzene rings is 2. The van der Waals surface area contributed by atoms with Crippen molar-refractivity contribution in [1.82, 2.24) is 24.5 Å². The van der Waals surface area contributed by atoms with Crippen LogP contribution in [0.4, 0.5) is 5.69 Å². The molecule has 1 N–H and O–H groups in total. The van der Waals surface area contributed by atoms with Crippen molar-refractivity contribution in [3.05, 3.63) is 68.6 Å². The van der Waals surface area contributed by atoms with Crippen molar-refractivity contribution in [2.24, 2.45) is 0 Å². The molecule has 0 radical (unpaired) electrons. The first-order chi connectivity index (χ1) is 14.5. The first kappa shape index (κ1) is 20.0. The number of hydrogen-bond acceptors (Lipinski definition) is 6. The van der Waals surface area contributed by atoms with E-state index in [4.69, 9.17) is 16.3 Å². The number of carbonyl (C=O) groups excluding carboxylic acids is 1. The summed E-state index contributed by atoms with van der Waals surface area (Å²) in [5.41, 5.74) is 0.995. The molecule has 30 heavy (non-hydrogen) atoms. The van der Waals surface area contributed by atoms with Gasteiger partial charge in [-0.3, -0.25) is 14.2 Å². The molecule has 4 aromatic rings. The molecule has 1 amide bonds. The third kappa shape index (κ3) is 3.91. The van der Waals surface area contributed by atoms with Gasteiger partial charge in [0.15, 0.2) is 11.2 Å². The predicted molar refractivity (Wildman–Crippen MR) is 115 cm³/mol. The van der Waals surface area contributed by atoms with Crippen LogP contribution in [0.1, 0.15) is 0 Å². The molecule has 0 spiro atoms. The Labute approximate surface area is 183 Å². The molecular weight excluding hydrogens is 476 g/mol. The van der Waals surface area contributed by atoms with Gasteiger partial charge in [-0.2, -0.15) is 4.68 Å². The van der Waals surface area contributed by atoms with E-state index in [9.17, 15) is 9.59 Å². The molecule has 0 unspecified atom stereocenters. The van der Waals surface area contributed by atoms with Crippen LogP contribution in [-0.4, -0.2) is 37.6 Å². The van der Waals surface area contributed by atoms with Gasteiger partial charge in [-0.1, -0.05) is 32.7 Å². The van der Waals surface area contributed by atoms with Crippen molar-refractivity contribution in [2.45, 2.75) is 6.54 Å². The number of halogens is 2. The highest BCUT2D eigenvalue weighted by Gasteiger charge is 2.16. The van der Waals surface area contributed by atoms with Gasteiger partial charge in [0.25, 0.3) is 5.56 Å². The van der Waals surface area contributed by atoms with Crippen LogP contribution in [0.3, 0.4) is 0 Å². The zero-order chi connectivity index (χ0) is 21.3. The minimum Gasteiger partial charge on any atom is -0.495 e. The fraction of sp³-hybridized carbons (Fsp3) is 0.105. The van der Waals surface area contributed by atoms with Gasteiger partial charge in [0.2, 0.25) is 5.91 Å². The van der Waals surface area contributed by atoms with Gasteiger partial charge >= 0.3 is 0 Å². The van der Waals surface area contributed by atoms with Gasteiger partial charge in [0.05, 0.1) is 18.5 Å². The van der Waals surface area contributed by atoms with Crippen molar-refractivity contribution in [1.29, 1.82) is 0 Å². The Morgan fingerprint density at radius 1 is 1.23 bits per heavy atom. The zero-order valence-corrected chi connectivity index (χ0v) is 17.9. The largest absolute Gasteiger partial charge is 0.495 e. The number of rotatable bonds is 5. The zero-order valence-electron chi connectivity index (χ0n) is 15.5. The SMILES string of the molecule is COc1ccc(Cl)cc1NC(=O)Cn1cnc2c(nnn2-c2ccc(Br)cc2)c1=O. The lowest BCUT2D eigenvalue weighted by Gasteiger charge is -2.11. The van der Waals surface area contributed by atoms with E-state index in [1.165, 1.54) is 18.1 Å². The third-order valence-electron chi connectivity index (χ3n) is 4.25. The van der Waals surface area contributed by atoms with Gasteiger partial charge in [-0.05, 0) is 42.5 Å². The summed E-state index contributed by atoms with van der Waals surface area (Å²) in [5.74, 6) is 0.00485. The summed E-state index contributed by atoms with van der Waals surface area (Å²) in [5, 5.41) is 11.1. The third-order valence-corrected chi connectivity index (χ3v) is 5.01. The molecule has 0 aliphatic rings. The summed E-state index contributed by atoms with van der Waals surface area (Å²) < 4.78 is 8.74. The Hall–Kier alpha value is -3.24. The van der Waals surface area contributed by atoms with E-state index in [0.717, 1.165) is 9.04 Å². The van der Waals surface area contributed by atoms with Crippen molar-refractivity contribution < 1.29 is 9.53 Å². The van der Waals surface area contributed by atoms with Gasteiger partial charge in [0.1, 0.15) is 18.6 Å². The molecular formula is C19H14BrClN6O3. The lowest BCUT2D eigenvalue weighted by molar-refractivity contribution is -0.116. The van der Waals surface area contributed by atoms with E-state index in [2.05, 4.69) is 36.5 Å². The second-order valence-corrected chi connectivity index (χ2v) is 7.57. The summed E-state index contributed by atoms with van der Waals surface area (Å²) in [7, 11) is 1.48. The summed E-state index contributed by atoms with van der Waals surface area (Å²) in [6.07, 6.45) is 1.29. The molecule has 9 nitrogen and oxygen atoms in total. The van der Waals surface area contributed by atoms with E-state index in [-0.39, 0.29) is 12.1 Å². The average molecular weight is 490 g/mol. The number of nitrogens with zero attached hydrogens (tertiary/aromatic N) is 5. The first-order valence-electron chi connectivity index (χ1n) is 8.66. The van der Waals surface area contributed by atoms with Crippen LogP contribution in [0, 0.1) is 0 Å². The first-order valence-corrected chi connectivity index (χ1v) is 9.83. The Morgan fingerprint density at radius 3 is 2.73 bits per heavy atom. The predicted octanol–water partition coefficient (Wildman–Crippen LogP) is 3.04. The van der Waals surface area contributed by atoms with Gasteiger partial charge in [-0.25, -0.2) is 4.98 Å². The second kappa shape index (κ2) is 8.25. The molecule has 0 aliphatic carbocycles. The van der Waals surface area contributed by atoms with Gasteiger partial charge in [-0.15, -0.1) is 5.10 Å². The number of fused-ring (bicyclic) bond motifs is 1. The topological polar surface area (TPSA) is 104 Å². The minimum atomic E-state index is -0.475. The monoisotopic (exact) mass is 488 g/mol. The van der Waals surface area contributed by atoms with E-state index in [0.29, 0.717) is 27.8 Å². The Morgan fingerprint density at radius 2 is 2.00 bits per heavy atom. The van der Waals surface area contributed by atoms with E-state index in [1.807, 2.05) is 24.3 Å².